The van der Waals surface area contributed by atoms with Crippen LogP contribution in [0.2, 0.25) is 0 Å². The Bertz CT molecular complexity index is 924. The van der Waals surface area contributed by atoms with Gasteiger partial charge < -0.3 is 9.72 Å². The van der Waals surface area contributed by atoms with Gasteiger partial charge in [-0.2, -0.15) is 5.10 Å². The molecule has 0 saturated heterocycles. The number of ether oxygens (including phenoxy) is 1. The summed E-state index contributed by atoms with van der Waals surface area (Å²) < 4.78 is 5.23. The molecule has 0 saturated carbocycles. The highest BCUT2D eigenvalue weighted by Crippen LogP contribution is 2.25. The number of nitrogens with zero attached hydrogens (tertiary/aromatic N) is 2. The van der Waals surface area contributed by atoms with E-state index in [4.69, 9.17) is 4.74 Å². The summed E-state index contributed by atoms with van der Waals surface area (Å²) in [6, 6.07) is 17.8. The Balaban J connectivity index is 1.74. The Hall–Kier alpha value is -3.08. The third-order valence-corrected chi connectivity index (χ3v) is 3.59. The van der Waals surface area contributed by atoms with E-state index >= 15 is 0 Å². The third kappa shape index (κ3) is 2.13. The van der Waals surface area contributed by atoms with Crippen molar-refractivity contribution in [2.24, 2.45) is 0 Å². The number of methoxy groups -OCH3 is 1. The van der Waals surface area contributed by atoms with Crippen LogP contribution in [0.1, 0.15) is 0 Å². The largest absolute Gasteiger partial charge is 0.497 e. The van der Waals surface area contributed by atoms with E-state index < -0.39 is 0 Å². The summed E-state index contributed by atoms with van der Waals surface area (Å²) in [5, 5.41) is 7.39. The molecule has 108 valence electrons. The normalized spacial score (nSPS) is 11.0. The first kappa shape index (κ1) is 12.6. The molecule has 0 spiro atoms. The number of H-pyrrole nitrogens is 2. The predicted molar refractivity (Wildman–Crippen MR) is 85.7 cm³/mol. The maximum absolute atomic E-state index is 5.23. The maximum atomic E-state index is 5.23. The zero-order valence-corrected chi connectivity index (χ0v) is 12.0. The van der Waals surface area contributed by atoms with E-state index in [1.54, 1.807) is 7.11 Å². The number of hydrogen-bond acceptors (Lipinski definition) is 3. The van der Waals surface area contributed by atoms with Gasteiger partial charge in [-0.05, 0) is 18.2 Å². The second-order valence-corrected chi connectivity index (χ2v) is 5.00. The molecule has 4 rings (SSSR count). The lowest BCUT2D eigenvalue weighted by Gasteiger charge is -1.96. The lowest BCUT2D eigenvalue weighted by Crippen LogP contribution is -1.81. The molecule has 0 fully saturated rings. The van der Waals surface area contributed by atoms with Gasteiger partial charge in [-0.25, -0.2) is 4.98 Å². The fourth-order valence-electron chi connectivity index (χ4n) is 2.44. The van der Waals surface area contributed by atoms with Crippen molar-refractivity contribution in [3.05, 3.63) is 54.6 Å². The number of imidazole rings is 1. The smallest absolute Gasteiger partial charge is 0.156 e. The Morgan fingerprint density at radius 2 is 1.86 bits per heavy atom. The molecule has 0 unspecified atom stereocenters. The van der Waals surface area contributed by atoms with Crippen LogP contribution in [0.5, 0.6) is 5.75 Å². The Labute approximate surface area is 127 Å². The molecule has 0 aliphatic carbocycles. The summed E-state index contributed by atoms with van der Waals surface area (Å²) >= 11 is 0. The highest BCUT2D eigenvalue weighted by molar-refractivity contribution is 5.80. The molecule has 2 heterocycles. The molecule has 0 aliphatic heterocycles. The standard InChI is InChI=1S/C17H14N4O/c1-22-12-7-8-13-15(9-12)19-17(18-13)16-10-14(20-21-16)11-5-3-2-4-6-11/h2-10H,1H3,(H,18,19)(H,20,21). The fourth-order valence-corrected chi connectivity index (χ4v) is 2.44. The topological polar surface area (TPSA) is 66.6 Å². The quantitative estimate of drug-likeness (QED) is 0.605. The number of hydrogen-bond donors (Lipinski definition) is 2. The Kier molecular flexibility index (Phi) is 2.89. The van der Waals surface area contributed by atoms with Crippen LogP contribution < -0.4 is 4.74 Å². The molecule has 5 nitrogen and oxygen atoms in total. The van der Waals surface area contributed by atoms with E-state index in [0.717, 1.165) is 39.6 Å². The minimum Gasteiger partial charge on any atom is -0.497 e. The van der Waals surface area contributed by atoms with E-state index in [1.807, 2.05) is 54.6 Å². The summed E-state index contributed by atoms with van der Waals surface area (Å²) in [7, 11) is 1.65. The van der Waals surface area contributed by atoms with Gasteiger partial charge in [0.2, 0.25) is 0 Å². The first-order valence-corrected chi connectivity index (χ1v) is 6.98. The molecule has 2 aromatic heterocycles. The van der Waals surface area contributed by atoms with Crippen molar-refractivity contribution < 1.29 is 4.74 Å². The Morgan fingerprint density at radius 1 is 1.00 bits per heavy atom. The number of fused-ring (bicyclic) bond motifs is 1. The van der Waals surface area contributed by atoms with Crippen molar-refractivity contribution in [2.75, 3.05) is 7.11 Å². The van der Waals surface area contributed by atoms with Gasteiger partial charge in [0.1, 0.15) is 11.4 Å². The molecular formula is C17H14N4O. The minimum atomic E-state index is 0.762. The van der Waals surface area contributed by atoms with E-state index in [-0.39, 0.29) is 0 Å². The molecular weight excluding hydrogens is 276 g/mol. The van der Waals surface area contributed by atoms with Gasteiger partial charge in [0, 0.05) is 11.6 Å². The van der Waals surface area contributed by atoms with Crippen molar-refractivity contribution in [1.82, 2.24) is 20.2 Å². The minimum absolute atomic E-state index is 0.762. The monoisotopic (exact) mass is 290 g/mol. The predicted octanol–water partition coefficient (Wildman–Crippen LogP) is 3.63. The van der Waals surface area contributed by atoms with Gasteiger partial charge in [-0.15, -0.1) is 0 Å². The number of aromatic amines is 2. The molecule has 5 heteroatoms. The molecule has 2 aromatic carbocycles. The van der Waals surface area contributed by atoms with Crippen LogP contribution in [0, 0.1) is 0 Å². The first-order chi connectivity index (χ1) is 10.8. The summed E-state index contributed by atoms with van der Waals surface area (Å²) in [6.07, 6.45) is 0. The summed E-state index contributed by atoms with van der Waals surface area (Å²) in [4.78, 5) is 7.87. The first-order valence-electron chi connectivity index (χ1n) is 6.98. The highest BCUT2D eigenvalue weighted by atomic mass is 16.5. The fraction of sp³-hybridized carbons (Fsp3) is 0.0588. The summed E-state index contributed by atoms with van der Waals surface area (Å²) in [6.45, 7) is 0. The van der Waals surface area contributed by atoms with Gasteiger partial charge in [-0.1, -0.05) is 30.3 Å². The highest BCUT2D eigenvalue weighted by Gasteiger charge is 2.10. The molecule has 0 atom stereocenters. The molecule has 0 aliphatic rings. The lowest BCUT2D eigenvalue weighted by atomic mass is 10.1. The number of aromatic nitrogens is 4. The van der Waals surface area contributed by atoms with Gasteiger partial charge >= 0.3 is 0 Å². The second kappa shape index (κ2) is 5.04. The number of benzene rings is 2. The van der Waals surface area contributed by atoms with E-state index in [2.05, 4.69) is 20.2 Å². The van der Waals surface area contributed by atoms with Crippen molar-refractivity contribution in [2.45, 2.75) is 0 Å². The SMILES string of the molecule is COc1ccc2nc(-c3cc(-c4ccccc4)n[nH]3)[nH]c2c1. The van der Waals surface area contributed by atoms with E-state index in [9.17, 15) is 0 Å². The van der Waals surface area contributed by atoms with Crippen LogP contribution in [0.25, 0.3) is 33.8 Å². The van der Waals surface area contributed by atoms with Crippen LogP contribution in [-0.4, -0.2) is 27.3 Å². The third-order valence-electron chi connectivity index (χ3n) is 3.59. The van der Waals surface area contributed by atoms with Crippen LogP contribution >= 0.6 is 0 Å². The average Bonchev–Trinajstić information content (AvgIpc) is 3.21. The summed E-state index contributed by atoms with van der Waals surface area (Å²) in [5.41, 5.74) is 4.65. The molecule has 22 heavy (non-hydrogen) atoms. The second-order valence-electron chi connectivity index (χ2n) is 5.00. The van der Waals surface area contributed by atoms with E-state index in [1.165, 1.54) is 0 Å². The molecule has 0 radical (unpaired) electrons. The maximum Gasteiger partial charge on any atom is 0.156 e. The molecule has 4 aromatic rings. The van der Waals surface area contributed by atoms with Crippen molar-refractivity contribution in [3.8, 4) is 28.5 Å². The van der Waals surface area contributed by atoms with Crippen LogP contribution in [-0.2, 0) is 0 Å². The van der Waals surface area contributed by atoms with Crippen molar-refractivity contribution >= 4 is 11.0 Å². The van der Waals surface area contributed by atoms with Crippen molar-refractivity contribution in [1.29, 1.82) is 0 Å². The summed E-state index contributed by atoms with van der Waals surface area (Å²) in [5.74, 6) is 1.57. The Morgan fingerprint density at radius 3 is 2.68 bits per heavy atom. The van der Waals surface area contributed by atoms with Crippen molar-refractivity contribution in [3.63, 3.8) is 0 Å². The average molecular weight is 290 g/mol. The molecule has 0 bridgehead atoms. The van der Waals surface area contributed by atoms with Gasteiger partial charge in [-0.3, -0.25) is 5.10 Å². The lowest BCUT2D eigenvalue weighted by molar-refractivity contribution is 0.415. The number of nitrogens with one attached hydrogen (secondary N) is 2. The van der Waals surface area contributed by atoms with E-state index in [0.29, 0.717) is 0 Å². The van der Waals surface area contributed by atoms with Gasteiger partial charge in [0.25, 0.3) is 0 Å². The zero-order chi connectivity index (χ0) is 14.9. The van der Waals surface area contributed by atoms with Crippen LogP contribution in [0.4, 0.5) is 0 Å². The molecule has 0 amide bonds. The van der Waals surface area contributed by atoms with Crippen LogP contribution in [0.3, 0.4) is 0 Å². The molecule has 2 N–H and O–H groups in total. The van der Waals surface area contributed by atoms with Gasteiger partial charge in [0.15, 0.2) is 5.82 Å². The van der Waals surface area contributed by atoms with Gasteiger partial charge in [0.05, 0.1) is 23.8 Å². The van der Waals surface area contributed by atoms with Crippen LogP contribution in [0.15, 0.2) is 54.6 Å². The number of rotatable bonds is 3. The zero-order valence-electron chi connectivity index (χ0n) is 12.0.